The largest absolute Gasteiger partial charge is 0.335 e. The first kappa shape index (κ1) is 16.8. The second kappa shape index (κ2) is 6.45. The van der Waals surface area contributed by atoms with Crippen molar-refractivity contribution in [3.63, 3.8) is 0 Å². The third kappa shape index (κ3) is 2.87. The summed E-state index contributed by atoms with van der Waals surface area (Å²) >= 11 is 1.30. The molecule has 2 aromatic heterocycles. The van der Waals surface area contributed by atoms with E-state index in [0.717, 1.165) is 24.3 Å². The molecular weight excluding hydrogens is 326 g/mol. The summed E-state index contributed by atoms with van der Waals surface area (Å²) in [5.41, 5.74) is 2.63. The summed E-state index contributed by atoms with van der Waals surface area (Å²) in [6, 6.07) is 0. The number of thiazole rings is 1. The summed E-state index contributed by atoms with van der Waals surface area (Å²) in [6.07, 6.45) is 0. The number of hydrogen-bond acceptors (Lipinski definition) is 6. The van der Waals surface area contributed by atoms with Crippen molar-refractivity contribution in [3.05, 3.63) is 32.2 Å². The van der Waals surface area contributed by atoms with Crippen molar-refractivity contribution in [1.82, 2.24) is 25.0 Å². The second-order valence-electron chi connectivity index (χ2n) is 5.99. The summed E-state index contributed by atoms with van der Waals surface area (Å²) in [7, 11) is 1.63. The Hall–Kier alpha value is -2.06. The normalized spacial score (nSPS) is 14.9. The van der Waals surface area contributed by atoms with Crippen LogP contribution in [0.15, 0.2) is 4.79 Å². The Bertz CT molecular complexity index is 849. The van der Waals surface area contributed by atoms with Crippen molar-refractivity contribution in [3.8, 4) is 10.6 Å². The van der Waals surface area contributed by atoms with Gasteiger partial charge in [-0.05, 0) is 26.3 Å². The molecule has 3 rings (SSSR count). The van der Waals surface area contributed by atoms with Gasteiger partial charge < -0.3 is 10.2 Å². The second-order valence-corrected chi connectivity index (χ2v) is 6.99. The molecule has 3 heterocycles. The van der Waals surface area contributed by atoms with Gasteiger partial charge in [0.15, 0.2) is 0 Å². The Morgan fingerprint density at radius 1 is 1.17 bits per heavy atom. The monoisotopic (exact) mass is 347 g/mol. The lowest BCUT2D eigenvalue weighted by atomic mass is 10.1. The van der Waals surface area contributed by atoms with Gasteiger partial charge in [0, 0.05) is 33.2 Å². The van der Waals surface area contributed by atoms with Crippen LogP contribution in [0.1, 0.15) is 26.6 Å². The molecule has 0 radical (unpaired) electrons. The van der Waals surface area contributed by atoms with Gasteiger partial charge >= 0.3 is 0 Å². The Morgan fingerprint density at radius 2 is 1.83 bits per heavy atom. The average Bonchev–Trinajstić information content (AvgIpc) is 2.95. The zero-order chi connectivity index (χ0) is 17.4. The standard InChI is InChI=1S/C16H21N5O2S/c1-9-10(2)19-20(4)15(22)12(9)14-18-11(3)13(24-14)16(23)21-7-5-17-6-8-21/h17H,5-8H2,1-4H3. The number of aryl methyl sites for hydroxylation is 3. The van der Waals surface area contributed by atoms with E-state index in [9.17, 15) is 9.59 Å². The maximum absolute atomic E-state index is 12.7. The Balaban J connectivity index is 2.04. The highest BCUT2D eigenvalue weighted by Gasteiger charge is 2.25. The van der Waals surface area contributed by atoms with E-state index in [1.807, 2.05) is 25.7 Å². The quantitative estimate of drug-likeness (QED) is 0.872. The highest BCUT2D eigenvalue weighted by atomic mass is 32.1. The number of nitrogens with one attached hydrogen (secondary N) is 1. The van der Waals surface area contributed by atoms with Gasteiger partial charge in [-0.2, -0.15) is 5.10 Å². The first-order chi connectivity index (χ1) is 11.4. The number of piperazine rings is 1. The lowest BCUT2D eigenvalue weighted by Crippen LogP contribution is -2.46. The van der Waals surface area contributed by atoms with E-state index >= 15 is 0 Å². The van der Waals surface area contributed by atoms with E-state index in [1.165, 1.54) is 16.0 Å². The van der Waals surface area contributed by atoms with Gasteiger partial charge in [0.2, 0.25) is 0 Å². The molecule has 1 amide bonds. The van der Waals surface area contributed by atoms with Gasteiger partial charge in [0.1, 0.15) is 9.88 Å². The van der Waals surface area contributed by atoms with Crippen molar-refractivity contribution in [1.29, 1.82) is 0 Å². The minimum atomic E-state index is -0.187. The molecule has 0 bridgehead atoms. The minimum Gasteiger partial charge on any atom is -0.335 e. The van der Waals surface area contributed by atoms with Gasteiger partial charge in [-0.3, -0.25) is 9.59 Å². The van der Waals surface area contributed by atoms with Crippen LogP contribution < -0.4 is 10.9 Å². The molecule has 1 saturated heterocycles. The third-order valence-corrected chi connectivity index (χ3v) is 5.50. The van der Waals surface area contributed by atoms with Gasteiger partial charge in [-0.25, -0.2) is 9.67 Å². The summed E-state index contributed by atoms with van der Waals surface area (Å²) < 4.78 is 1.33. The fourth-order valence-corrected chi connectivity index (χ4v) is 3.94. The average molecular weight is 347 g/mol. The first-order valence-corrected chi connectivity index (χ1v) is 8.74. The van der Waals surface area contributed by atoms with Crippen molar-refractivity contribution in [2.75, 3.05) is 26.2 Å². The highest BCUT2D eigenvalue weighted by molar-refractivity contribution is 7.17. The zero-order valence-corrected chi connectivity index (χ0v) is 15.2. The summed E-state index contributed by atoms with van der Waals surface area (Å²) in [6.45, 7) is 8.56. The first-order valence-electron chi connectivity index (χ1n) is 7.92. The molecule has 1 fully saturated rings. The molecule has 24 heavy (non-hydrogen) atoms. The maximum Gasteiger partial charge on any atom is 0.277 e. The molecule has 0 unspecified atom stereocenters. The number of carbonyl (C=O) groups is 1. The predicted molar refractivity (Wildman–Crippen MR) is 93.6 cm³/mol. The molecule has 1 N–H and O–H groups in total. The fourth-order valence-electron chi connectivity index (χ4n) is 2.81. The topological polar surface area (TPSA) is 80.1 Å². The molecule has 1 aliphatic heterocycles. The molecule has 7 nitrogen and oxygen atoms in total. The molecule has 0 saturated carbocycles. The molecule has 0 aromatic carbocycles. The summed E-state index contributed by atoms with van der Waals surface area (Å²) in [4.78, 5) is 32.2. The van der Waals surface area contributed by atoms with Crippen molar-refractivity contribution < 1.29 is 4.79 Å². The summed E-state index contributed by atoms with van der Waals surface area (Å²) in [5.74, 6) is -0.00185. The predicted octanol–water partition coefficient (Wildman–Crippen LogP) is 0.874. The van der Waals surface area contributed by atoms with Gasteiger partial charge in [0.25, 0.3) is 11.5 Å². The van der Waals surface area contributed by atoms with E-state index in [4.69, 9.17) is 0 Å². The zero-order valence-electron chi connectivity index (χ0n) is 14.3. The van der Waals surface area contributed by atoms with E-state index < -0.39 is 0 Å². The Kier molecular flexibility index (Phi) is 4.51. The molecule has 2 aromatic rings. The molecule has 0 aliphatic carbocycles. The van der Waals surface area contributed by atoms with Crippen molar-refractivity contribution >= 4 is 17.2 Å². The molecule has 0 atom stereocenters. The van der Waals surface area contributed by atoms with Crippen LogP contribution >= 0.6 is 11.3 Å². The van der Waals surface area contributed by atoms with Gasteiger partial charge in [0.05, 0.1) is 17.0 Å². The van der Waals surface area contributed by atoms with Crippen molar-refractivity contribution in [2.45, 2.75) is 20.8 Å². The Labute approximate surface area is 144 Å². The minimum absolute atomic E-state index is 0.00185. The van der Waals surface area contributed by atoms with Crippen LogP contribution in [0.25, 0.3) is 10.6 Å². The van der Waals surface area contributed by atoms with E-state index in [-0.39, 0.29) is 11.5 Å². The lowest BCUT2D eigenvalue weighted by molar-refractivity contribution is 0.0739. The molecule has 1 aliphatic rings. The molecule has 0 spiro atoms. The van der Waals surface area contributed by atoms with Crippen LogP contribution in [0.2, 0.25) is 0 Å². The van der Waals surface area contributed by atoms with Crippen LogP contribution in [-0.2, 0) is 7.05 Å². The SMILES string of the molecule is Cc1nc(-c2c(C)c(C)nn(C)c2=O)sc1C(=O)N1CCNCC1. The Morgan fingerprint density at radius 3 is 2.50 bits per heavy atom. The smallest absolute Gasteiger partial charge is 0.277 e. The van der Waals surface area contributed by atoms with Gasteiger partial charge in [-0.1, -0.05) is 0 Å². The number of rotatable bonds is 2. The number of amides is 1. The van der Waals surface area contributed by atoms with E-state index in [0.29, 0.717) is 34.2 Å². The molecular formula is C16H21N5O2S. The van der Waals surface area contributed by atoms with Crippen LogP contribution in [0.5, 0.6) is 0 Å². The molecule has 8 heteroatoms. The highest BCUT2D eigenvalue weighted by Crippen LogP contribution is 2.29. The lowest BCUT2D eigenvalue weighted by Gasteiger charge is -2.27. The fraction of sp³-hybridized carbons (Fsp3) is 0.500. The molecule has 128 valence electrons. The van der Waals surface area contributed by atoms with E-state index in [2.05, 4.69) is 15.4 Å². The summed E-state index contributed by atoms with van der Waals surface area (Å²) in [5, 5.41) is 8.02. The van der Waals surface area contributed by atoms with E-state index in [1.54, 1.807) is 7.05 Å². The number of carbonyl (C=O) groups excluding carboxylic acids is 1. The van der Waals surface area contributed by atoms with Crippen molar-refractivity contribution in [2.24, 2.45) is 7.05 Å². The number of nitrogens with zero attached hydrogens (tertiary/aromatic N) is 4. The maximum atomic E-state index is 12.7. The number of aromatic nitrogens is 3. The van der Waals surface area contributed by atoms with Crippen LogP contribution in [0.4, 0.5) is 0 Å². The van der Waals surface area contributed by atoms with Crippen LogP contribution in [0.3, 0.4) is 0 Å². The van der Waals surface area contributed by atoms with Crippen LogP contribution in [-0.4, -0.2) is 51.8 Å². The van der Waals surface area contributed by atoms with Crippen LogP contribution in [0, 0.1) is 20.8 Å². The van der Waals surface area contributed by atoms with Gasteiger partial charge in [-0.15, -0.1) is 11.3 Å². The number of hydrogen-bond donors (Lipinski definition) is 1. The third-order valence-electron chi connectivity index (χ3n) is 4.33.